The molecule has 7 heteroatoms. The van der Waals surface area contributed by atoms with Gasteiger partial charge in [0.25, 0.3) is 0 Å². The number of hydrogen-bond acceptors (Lipinski definition) is 7. The molecule has 0 spiro atoms. The Morgan fingerprint density at radius 2 is 1.93 bits per heavy atom. The maximum Gasteiger partial charge on any atom is 0.230 e. The highest BCUT2D eigenvalue weighted by Crippen LogP contribution is 2.38. The highest BCUT2D eigenvalue weighted by molar-refractivity contribution is 5.68. The summed E-state index contributed by atoms with van der Waals surface area (Å²) in [4.78, 5) is 6.86. The largest absolute Gasteiger partial charge is 0.496 e. The lowest BCUT2D eigenvalue weighted by atomic mass is 10.1. The van der Waals surface area contributed by atoms with E-state index in [0.29, 0.717) is 18.2 Å². The van der Waals surface area contributed by atoms with E-state index in [1.807, 2.05) is 39.1 Å². The molecule has 0 unspecified atom stereocenters. The molecule has 1 aromatic carbocycles. The zero-order chi connectivity index (χ0) is 19.6. The maximum atomic E-state index is 5.95. The van der Waals surface area contributed by atoms with Gasteiger partial charge in [0.2, 0.25) is 5.89 Å². The molecule has 0 amide bonds. The summed E-state index contributed by atoms with van der Waals surface area (Å²) in [5.74, 6) is 2.78. The van der Waals surface area contributed by atoms with E-state index in [2.05, 4.69) is 17.0 Å². The summed E-state index contributed by atoms with van der Waals surface area (Å²) in [6, 6.07) is 5.76. The van der Waals surface area contributed by atoms with Gasteiger partial charge in [0.15, 0.2) is 0 Å². The topological polar surface area (TPSA) is 73.8 Å². The van der Waals surface area contributed by atoms with Gasteiger partial charge in [-0.05, 0) is 40.0 Å². The van der Waals surface area contributed by atoms with E-state index >= 15 is 0 Å². The van der Waals surface area contributed by atoms with E-state index in [-0.39, 0.29) is 6.04 Å². The summed E-state index contributed by atoms with van der Waals surface area (Å²) in [7, 11) is 5.29. The minimum Gasteiger partial charge on any atom is -0.496 e. The van der Waals surface area contributed by atoms with Gasteiger partial charge in [0.1, 0.15) is 29.2 Å². The van der Waals surface area contributed by atoms with Gasteiger partial charge >= 0.3 is 0 Å². The number of aromatic nitrogens is 2. The van der Waals surface area contributed by atoms with Gasteiger partial charge in [0, 0.05) is 18.2 Å². The van der Waals surface area contributed by atoms with Crippen molar-refractivity contribution in [3.63, 3.8) is 0 Å². The monoisotopic (exact) mass is 371 g/mol. The zero-order valence-corrected chi connectivity index (χ0v) is 16.6. The van der Waals surface area contributed by atoms with Gasteiger partial charge in [-0.1, -0.05) is 5.16 Å². The van der Waals surface area contributed by atoms with Gasteiger partial charge in [-0.2, -0.15) is 0 Å². The molecule has 3 aromatic rings. The molecule has 0 saturated carbocycles. The SMILES string of the molecule is COc1ccc(-c2nc(CN(C)[C@@H](C)c3ccon3)c(C)o2)c(OC)c1C. The van der Waals surface area contributed by atoms with Gasteiger partial charge in [-0.25, -0.2) is 4.98 Å². The van der Waals surface area contributed by atoms with Crippen LogP contribution >= 0.6 is 0 Å². The molecule has 2 heterocycles. The van der Waals surface area contributed by atoms with E-state index in [1.165, 1.54) is 0 Å². The minimum atomic E-state index is 0.0982. The molecule has 0 aliphatic rings. The minimum absolute atomic E-state index is 0.0982. The molecule has 7 nitrogen and oxygen atoms in total. The van der Waals surface area contributed by atoms with Crippen LogP contribution in [0.2, 0.25) is 0 Å². The van der Waals surface area contributed by atoms with Gasteiger partial charge in [0.05, 0.1) is 31.5 Å². The number of nitrogens with zero attached hydrogens (tertiary/aromatic N) is 3. The van der Waals surface area contributed by atoms with Crippen molar-refractivity contribution < 1.29 is 18.4 Å². The number of rotatable bonds is 7. The Bertz CT molecular complexity index is 902. The van der Waals surface area contributed by atoms with Crippen molar-refractivity contribution >= 4 is 0 Å². The molecule has 0 saturated heterocycles. The highest BCUT2D eigenvalue weighted by atomic mass is 16.5. The zero-order valence-electron chi connectivity index (χ0n) is 16.6. The summed E-state index contributed by atoms with van der Waals surface area (Å²) < 4.78 is 21.8. The predicted octanol–water partition coefficient (Wildman–Crippen LogP) is 4.16. The number of hydrogen-bond donors (Lipinski definition) is 0. The normalized spacial score (nSPS) is 12.4. The number of oxazole rings is 1. The highest BCUT2D eigenvalue weighted by Gasteiger charge is 2.21. The van der Waals surface area contributed by atoms with Crippen LogP contribution in [0.1, 0.15) is 35.7 Å². The first kappa shape index (κ1) is 19.0. The van der Waals surface area contributed by atoms with Gasteiger partial charge < -0.3 is 18.4 Å². The molecule has 0 bridgehead atoms. The lowest BCUT2D eigenvalue weighted by Gasteiger charge is -2.21. The summed E-state index contributed by atoms with van der Waals surface area (Å²) in [6.45, 7) is 6.57. The maximum absolute atomic E-state index is 5.95. The Balaban J connectivity index is 1.88. The van der Waals surface area contributed by atoms with Crippen LogP contribution in [0.5, 0.6) is 11.5 Å². The quantitative estimate of drug-likeness (QED) is 0.617. The first-order valence-corrected chi connectivity index (χ1v) is 8.75. The summed E-state index contributed by atoms with van der Waals surface area (Å²) in [5, 5.41) is 4.01. The molecular weight excluding hydrogens is 346 g/mol. The molecule has 2 aromatic heterocycles. The second-order valence-electron chi connectivity index (χ2n) is 6.51. The molecule has 0 fully saturated rings. The van der Waals surface area contributed by atoms with Gasteiger partial charge in [-0.15, -0.1) is 0 Å². The average Bonchev–Trinajstić information content (AvgIpc) is 3.31. The Labute approximate surface area is 158 Å². The Morgan fingerprint density at radius 1 is 1.15 bits per heavy atom. The van der Waals surface area contributed by atoms with Crippen LogP contribution in [0, 0.1) is 13.8 Å². The fourth-order valence-electron chi connectivity index (χ4n) is 3.05. The molecule has 0 aliphatic carbocycles. The Hall–Kier alpha value is -2.80. The Kier molecular flexibility index (Phi) is 5.51. The number of aryl methyl sites for hydroxylation is 1. The predicted molar refractivity (Wildman–Crippen MR) is 101 cm³/mol. The van der Waals surface area contributed by atoms with Crippen LogP contribution in [0.15, 0.2) is 33.4 Å². The smallest absolute Gasteiger partial charge is 0.230 e. The summed E-state index contributed by atoms with van der Waals surface area (Å²) in [6.07, 6.45) is 1.58. The Morgan fingerprint density at radius 3 is 2.56 bits per heavy atom. The lowest BCUT2D eigenvalue weighted by Crippen LogP contribution is -2.22. The summed E-state index contributed by atoms with van der Waals surface area (Å²) >= 11 is 0. The van der Waals surface area contributed by atoms with Crippen LogP contribution in [0.25, 0.3) is 11.5 Å². The van der Waals surface area contributed by atoms with E-state index in [9.17, 15) is 0 Å². The molecule has 1 atom stereocenters. The van der Waals surface area contributed by atoms with Crippen molar-refractivity contribution in [1.82, 2.24) is 15.0 Å². The molecule has 0 radical (unpaired) electrons. The number of ether oxygens (including phenoxy) is 2. The van der Waals surface area contributed by atoms with Crippen LogP contribution in [0.3, 0.4) is 0 Å². The standard InChI is InChI=1S/C20H25N3O4/c1-12-18(24-5)8-7-15(19(12)25-6)20-21-17(14(3)27-20)11-23(4)13(2)16-9-10-26-22-16/h7-10,13H,11H2,1-6H3/t13-/m0/s1. The third kappa shape index (κ3) is 3.68. The van der Waals surface area contributed by atoms with Gasteiger partial charge in [-0.3, -0.25) is 4.90 Å². The van der Waals surface area contributed by atoms with E-state index in [1.54, 1.807) is 20.5 Å². The molecule has 144 valence electrons. The molecule has 27 heavy (non-hydrogen) atoms. The number of methoxy groups -OCH3 is 2. The van der Waals surface area contributed by atoms with Crippen LogP contribution < -0.4 is 9.47 Å². The molecule has 0 aliphatic heterocycles. The van der Waals surface area contributed by atoms with Crippen molar-refractivity contribution in [2.24, 2.45) is 0 Å². The molecule has 3 rings (SSSR count). The van der Waals surface area contributed by atoms with Crippen molar-refractivity contribution in [2.45, 2.75) is 33.4 Å². The molecular formula is C20H25N3O4. The summed E-state index contributed by atoms with van der Waals surface area (Å²) in [5.41, 5.74) is 3.47. The van der Waals surface area contributed by atoms with Crippen molar-refractivity contribution in [2.75, 3.05) is 21.3 Å². The third-order valence-electron chi connectivity index (χ3n) is 4.85. The fourth-order valence-corrected chi connectivity index (χ4v) is 3.05. The van der Waals surface area contributed by atoms with Crippen LogP contribution in [-0.4, -0.2) is 36.3 Å². The van der Waals surface area contributed by atoms with Crippen molar-refractivity contribution in [1.29, 1.82) is 0 Å². The van der Waals surface area contributed by atoms with Crippen LogP contribution in [0.4, 0.5) is 0 Å². The van der Waals surface area contributed by atoms with E-state index in [4.69, 9.17) is 23.4 Å². The van der Waals surface area contributed by atoms with Crippen LogP contribution in [-0.2, 0) is 6.54 Å². The fraction of sp³-hybridized carbons (Fsp3) is 0.400. The van der Waals surface area contributed by atoms with Crippen molar-refractivity contribution in [3.05, 3.63) is 47.2 Å². The average molecular weight is 371 g/mol. The third-order valence-corrected chi connectivity index (χ3v) is 4.85. The molecule has 0 N–H and O–H groups in total. The van der Waals surface area contributed by atoms with E-state index < -0.39 is 0 Å². The second-order valence-corrected chi connectivity index (χ2v) is 6.51. The first-order chi connectivity index (χ1) is 13.0. The number of benzene rings is 1. The first-order valence-electron chi connectivity index (χ1n) is 8.75. The second kappa shape index (κ2) is 7.84. The van der Waals surface area contributed by atoms with Crippen molar-refractivity contribution in [3.8, 4) is 23.0 Å². The lowest BCUT2D eigenvalue weighted by molar-refractivity contribution is 0.237. The van der Waals surface area contributed by atoms with E-state index in [0.717, 1.165) is 34.0 Å².